The Morgan fingerprint density at radius 1 is 1.43 bits per heavy atom. The molecule has 1 aromatic rings. The Kier molecular flexibility index (Phi) is 4.70. The Morgan fingerprint density at radius 3 is 2.64 bits per heavy atom. The van der Waals surface area contributed by atoms with E-state index < -0.39 is 0 Å². The van der Waals surface area contributed by atoms with Crippen molar-refractivity contribution in [2.75, 3.05) is 12.3 Å². The fraction of sp³-hybridized carbons (Fsp3) is 0.364. The molecule has 0 spiro atoms. The van der Waals surface area contributed by atoms with E-state index in [9.17, 15) is 4.79 Å². The van der Waals surface area contributed by atoms with Crippen LogP contribution in [-0.4, -0.2) is 23.3 Å². The van der Waals surface area contributed by atoms with Gasteiger partial charge in [0.1, 0.15) is 0 Å². The summed E-state index contributed by atoms with van der Waals surface area (Å²) in [6.45, 7) is 2.55. The van der Waals surface area contributed by atoms with Crippen LogP contribution in [0.1, 0.15) is 17.3 Å². The van der Waals surface area contributed by atoms with E-state index in [-0.39, 0.29) is 11.0 Å². The van der Waals surface area contributed by atoms with Crippen LogP contribution in [0.2, 0.25) is 0 Å². The Labute approximate surface area is 88.9 Å². The van der Waals surface area contributed by atoms with Gasteiger partial charge >= 0.3 is 0 Å². The number of nitrogens with two attached hydrogens (primary N) is 1. The van der Waals surface area contributed by atoms with Gasteiger partial charge in [0.25, 0.3) is 0 Å². The highest BCUT2D eigenvalue weighted by atomic mass is 32.2. The fourth-order valence-electron chi connectivity index (χ4n) is 1.16. The second kappa shape index (κ2) is 5.83. The molecular weight excluding hydrogens is 194 g/mol. The van der Waals surface area contributed by atoms with Crippen molar-refractivity contribution in [3.63, 3.8) is 0 Å². The summed E-state index contributed by atoms with van der Waals surface area (Å²) >= 11 is 1.60. The second-order valence-corrected chi connectivity index (χ2v) is 4.48. The number of hydrogen-bond donors (Lipinski definition) is 1. The van der Waals surface area contributed by atoms with Crippen LogP contribution in [0, 0.1) is 0 Å². The van der Waals surface area contributed by atoms with Crippen LogP contribution in [0.5, 0.6) is 0 Å². The number of thioether (sulfide) groups is 1. The summed E-state index contributed by atoms with van der Waals surface area (Å²) < 4.78 is 0. The van der Waals surface area contributed by atoms with Gasteiger partial charge in [0.05, 0.1) is 5.25 Å². The molecule has 0 aromatic heterocycles. The van der Waals surface area contributed by atoms with Crippen LogP contribution in [0.25, 0.3) is 0 Å². The van der Waals surface area contributed by atoms with Crippen molar-refractivity contribution in [3.8, 4) is 0 Å². The molecule has 3 heteroatoms. The van der Waals surface area contributed by atoms with Crippen LogP contribution in [0.3, 0.4) is 0 Å². The Bertz CT molecular complexity index is 287. The van der Waals surface area contributed by atoms with Gasteiger partial charge in [-0.15, -0.1) is 11.8 Å². The number of rotatable bonds is 5. The number of carbonyl (C=O) groups excluding carboxylic acids is 1. The zero-order valence-electron chi connectivity index (χ0n) is 8.27. The normalized spacial score (nSPS) is 12.4. The van der Waals surface area contributed by atoms with Crippen LogP contribution in [0.15, 0.2) is 30.3 Å². The minimum absolute atomic E-state index is 0.000880. The minimum Gasteiger partial charge on any atom is -0.330 e. The van der Waals surface area contributed by atoms with Crippen molar-refractivity contribution in [2.24, 2.45) is 5.73 Å². The average molecular weight is 209 g/mol. The standard InChI is InChI=1S/C11H15NOS/c1-9(14-8-7-12)11(13)10-5-3-2-4-6-10/h2-6,9H,7-8,12H2,1H3. The van der Waals surface area contributed by atoms with E-state index in [1.54, 1.807) is 11.8 Å². The third kappa shape index (κ3) is 3.16. The minimum atomic E-state index is 0.000880. The summed E-state index contributed by atoms with van der Waals surface area (Å²) in [5.74, 6) is 1.02. The van der Waals surface area contributed by atoms with Gasteiger partial charge in [-0.05, 0) is 6.92 Å². The molecule has 2 nitrogen and oxygen atoms in total. The van der Waals surface area contributed by atoms with E-state index in [1.165, 1.54) is 0 Å². The third-order valence-electron chi connectivity index (χ3n) is 1.91. The van der Waals surface area contributed by atoms with Crippen molar-refractivity contribution in [1.82, 2.24) is 0 Å². The molecule has 0 amide bonds. The van der Waals surface area contributed by atoms with E-state index in [2.05, 4.69) is 0 Å². The van der Waals surface area contributed by atoms with Crippen LogP contribution in [-0.2, 0) is 0 Å². The van der Waals surface area contributed by atoms with E-state index in [1.807, 2.05) is 37.3 Å². The second-order valence-electron chi connectivity index (χ2n) is 3.03. The quantitative estimate of drug-likeness (QED) is 0.754. The number of hydrogen-bond acceptors (Lipinski definition) is 3. The summed E-state index contributed by atoms with van der Waals surface area (Å²) in [4.78, 5) is 11.8. The van der Waals surface area contributed by atoms with Gasteiger partial charge in [-0.3, -0.25) is 4.79 Å². The Balaban J connectivity index is 2.57. The third-order valence-corrected chi connectivity index (χ3v) is 3.10. The molecule has 0 aliphatic carbocycles. The molecular formula is C11H15NOS. The van der Waals surface area contributed by atoms with Crippen LogP contribution < -0.4 is 5.73 Å². The van der Waals surface area contributed by atoms with Gasteiger partial charge in [0.2, 0.25) is 0 Å². The lowest BCUT2D eigenvalue weighted by Gasteiger charge is -2.08. The topological polar surface area (TPSA) is 43.1 Å². The highest BCUT2D eigenvalue weighted by Crippen LogP contribution is 2.15. The molecule has 1 aromatic carbocycles. The lowest BCUT2D eigenvalue weighted by Crippen LogP contribution is -2.15. The van der Waals surface area contributed by atoms with Crippen molar-refractivity contribution < 1.29 is 4.79 Å². The van der Waals surface area contributed by atoms with Crippen LogP contribution in [0.4, 0.5) is 0 Å². The molecule has 1 rings (SSSR count). The van der Waals surface area contributed by atoms with Crippen molar-refractivity contribution in [2.45, 2.75) is 12.2 Å². The van der Waals surface area contributed by atoms with Crippen molar-refractivity contribution in [1.29, 1.82) is 0 Å². The zero-order valence-corrected chi connectivity index (χ0v) is 9.09. The summed E-state index contributed by atoms with van der Waals surface area (Å²) in [6.07, 6.45) is 0. The number of carbonyl (C=O) groups is 1. The molecule has 2 N–H and O–H groups in total. The fourth-order valence-corrected chi connectivity index (χ4v) is 1.93. The van der Waals surface area contributed by atoms with E-state index in [0.717, 1.165) is 11.3 Å². The average Bonchev–Trinajstić information content (AvgIpc) is 2.26. The highest BCUT2D eigenvalue weighted by Gasteiger charge is 2.14. The summed E-state index contributed by atoms with van der Waals surface area (Å²) in [5, 5.41) is 0.000880. The monoisotopic (exact) mass is 209 g/mol. The van der Waals surface area contributed by atoms with Crippen molar-refractivity contribution in [3.05, 3.63) is 35.9 Å². The predicted molar refractivity (Wildman–Crippen MR) is 61.7 cm³/mol. The highest BCUT2D eigenvalue weighted by molar-refractivity contribution is 8.00. The maximum atomic E-state index is 11.8. The molecule has 0 saturated heterocycles. The Hall–Kier alpha value is -0.800. The molecule has 0 aliphatic heterocycles. The first-order chi connectivity index (χ1) is 6.75. The maximum Gasteiger partial charge on any atom is 0.175 e. The van der Waals surface area contributed by atoms with Gasteiger partial charge in [-0.1, -0.05) is 30.3 Å². The molecule has 76 valence electrons. The SMILES string of the molecule is CC(SCCN)C(=O)c1ccccc1. The van der Waals surface area contributed by atoms with E-state index in [4.69, 9.17) is 5.73 Å². The van der Waals surface area contributed by atoms with E-state index in [0.29, 0.717) is 6.54 Å². The molecule has 0 radical (unpaired) electrons. The van der Waals surface area contributed by atoms with Gasteiger partial charge in [-0.25, -0.2) is 0 Å². The molecule has 14 heavy (non-hydrogen) atoms. The summed E-state index contributed by atoms with van der Waals surface area (Å²) in [7, 11) is 0. The van der Waals surface area contributed by atoms with Gasteiger partial charge < -0.3 is 5.73 Å². The smallest absolute Gasteiger partial charge is 0.175 e. The first-order valence-electron chi connectivity index (χ1n) is 4.66. The lowest BCUT2D eigenvalue weighted by atomic mass is 10.1. The van der Waals surface area contributed by atoms with Gasteiger partial charge in [0, 0.05) is 17.9 Å². The first kappa shape index (κ1) is 11.3. The Morgan fingerprint density at radius 2 is 2.07 bits per heavy atom. The number of Topliss-reactive ketones (excluding diaryl/α,β-unsaturated/α-hetero) is 1. The van der Waals surface area contributed by atoms with Gasteiger partial charge in [0.15, 0.2) is 5.78 Å². The van der Waals surface area contributed by atoms with E-state index >= 15 is 0 Å². The largest absolute Gasteiger partial charge is 0.330 e. The molecule has 1 atom stereocenters. The predicted octanol–water partition coefficient (Wildman–Crippen LogP) is 1.95. The van der Waals surface area contributed by atoms with Crippen LogP contribution >= 0.6 is 11.8 Å². The number of ketones is 1. The van der Waals surface area contributed by atoms with Gasteiger partial charge in [-0.2, -0.15) is 0 Å². The zero-order chi connectivity index (χ0) is 10.4. The first-order valence-corrected chi connectivity index (χ1v) is 5.71. The lowest BCUT2D eigenvalue weighted by molar-refractivity contribution is 0.0994. The maximum absolute atomic E-state index is 11.8. The molecule has 0 bridgehead atoms. The molecule has 0 aliphatic rings. The molecule has 0 fully saturated rings. The number of benzene rings is 1. The molecule has 0 heterocycles. The summed E-state index contributed by atoms with van der Waals surface area (Å²) in [5.41, 5.74) is 6.17. The molecule has 0 saturated carbocycles. The molecule has 1 unspecified atom stereocenters. The van der Waals surface area contributed by atoms with Crippen molar-refractivity contribution >= 4 is 17.5 Å². The summed E-state index contributed by atoms with van der Waals surface area (Å²) in [6, 6.07) is 9.37.